The molecule has 0 saturated heterocycles. The molecule has 0 saturated carbocycles. The Balaban J connectivity index is -0.0000000270. The van der Waals surface area contributed by atoms with Crippen LogP contribution in [0.25, 0.3) is 0 Å². The first-order chi connectivity index (χ1) is 5.20. The molecule has 2 N–H and O–H groups in total. The van der Waals surface area contributed by atoms with Gasteiger partial charge in [0.05, 0.1) is 0 Å². The van der Waals surface area contributed by atoms with E-state index in [4.69, 9.17) is 0 Å². The molecule has 0 bridgehead atoms. The Labute approximate surface area is 99.5 Å². The van der Waals surface area contributed by atoms with Gasteiger partial charge in [-0.05, 0) is 0 Å². The normalized spacial score (nSPS) is 7.71. The Bertz CT molecular complexity index is 45.3. The van der Waals surface area contributed by atoms with Gasteiger partial charge in [-0.15, -0.1) is 18.3 Å². The molecular formula is C9H23O4V-3. The number of hydrogen-bond donors (Lipinski definition) is 0. The third-order valence-electron chi connectivity index (χ3n) is 0. The van der Waals surface area contributed by atoms with Crippen LogP contribution in [0.4, 0.5) is 0 Å². The Morgan fingerprint density at radius 2 is 0.571 bits per heavy atom. The van der Waals surface area contributed by atoms with Crippen LogP contribution in [0.1, 0.15) is 41.5 Å². The van der Waals surface area contributed by atoms with Crippen molar-refractivity contribution in [3.8, 4) is 0 Å². The Hall–Kier alpha value is 0.424. The fourth-order valence-corrected chi connectivity index (χ4v) is 0. The van der Waals surface area contributed by atoms with E-state index in [0.717, 1.165) is 0 Å². The SMILES string of the molecule is CC(C)[O-].CC(C)[O-].CC(C)[O-].O.[V]. The molecule has 0 spiro atoms. The van der Waals surface area contributed by atoms with E-state index in [2.05, 4.69) is 0 Å². The van der Waals surface area contributed by atoms with Gasteiger partial charge in [0.15, 0.2) is 0 Å². The zero-order chi connectivity index (χ0) is 10.7. The Morgan fingerprint density at radius 1 is 0.571 bits per heavy atom. The van der Waals surface area contributed by atoms with E-state index in [9.17, 15) is 15.3 Å². The minimum absolute atomic E-state index is 0. The summed E-state index contributed by atoms with van der Waals surface area (Å²) in [4.78, 5) is 0. The predicted molar refractivity (Wildman–Crippen MR) is 49.0 cm³/mol. The molecule has 4 nitrogen and oxygen atoms in total. The van der Waals surface area contributed by atoms with E-state index in [0.29, 0.717) is 0 Å². The summed E-state index contributed by atoms with van der Waals surface area (Å²) in [6.45, 7) is 9.67. The molecule has 91 valence electrons. The van der Waals surface area contributed by atoms with Gasteiger partial charge in [-0.1, -0.05) is 41.5 Å². The summed E-state index contributed by atoms with van der Waals surface area (Å²) in [5, 5.41) is 28.6. The molecule has 0 heterocycles. The van der Waals surface area contributed by atoms with Crippen LogP contribution in [0.2, 0.25) is 0 Å². The molecule has 5 heteroatoms. The van der Waals surface area contributed by atoms with Crippen molar-refractivity contribution in [1.82, 2.24) is 0 Å². The van der Waals surface area contributed by atoms with E-state index in [1.807, 2.05) is 0 Å². The molecule has 0 aliphatic heterocycles. The predicted octanol–water partition coefficient (Wildman–Crippen LogP) is -1.56. The van der Waals surface area contributed by atoms with Gasteiger partial charge in [0.25, 0.3) is 0 Å². The van der Waals surface area contributed by atoms with Crippen LogP contribution in [-0.2, 0) is 18.6 Å². The molecule has 0 atom stereocenters. The molecule has 0 aliphatic rings. The van der Waals surface area contributed by atoms with Crippen LogP contribution in [0, 0.1) is 0 Å². The van der Waals surface area contributed by atoms with Gasteiger partial charge in [-0.3, -0.25) is 0 Å². The minimum Gasteiger partial charge on any atom is -0.852 e. The van der Waals surface area contributed by atoms with Gasteiger partial charge in [-0.2, -0.15) is 0 Å². The van der Waals surface area contributed by atoms with Crippen molar-refractivity contribution in [2.45, 2.75) is 59.9 Å². The summed E-state index contributed by atoms with van der Waals surface area (Å²) in [6.07, 6.45) is -1.25. The third-order valence-corrected chi connectivity index (χ3v) is 0. The van der Waals surface area contributed by atoms with Crippen LogP contribution < -0.4 is 15.3 Å². The zero-order valence-corrected chi connectivity index (χ0v) is 11.3. The average molecular weight is 246 g/mol. The van der Waals surface area contributed by atoms with Crippen molar-refractivity contribution in [2.75, 3.05) is 0 Å². The molecule has 1 radical (unpaired) electrons. The first-order valence-electron chi connectivity index (χ1n) is 4.17. The van der Waals surface area contributed by atoms with E-state index in [1.54, 1.807) is 41.5 Å². The number of hydrogen-bond acceptors (Lipinski definition) is 3. The van der Waals surface area contributed by atoms with E-state index in [1.165, 1.54) is 0 Å². The smallest absolute Gasteiger partial charge is 0 e. The van der Waals surface area contributed by atoms with Crippen LogP contribution in [0.5, 0.6) is 0 Å². The molecule has 0 aliphatic carbocycles. The molecule has 0 rings (SSSR count). The molecule has 0 amide bonds. The summed E-state index contributed by atoms with van der Waals surface area (Å²) < 4.78 is 0. The van der Waals surface area contributed by atoms with Crippen LogP contribution in [0.15, 0.2) is 0 Å². The van der Waals surface area contributed by atoms with Crippen molar-refractivity contribution in [3.63, 3.8) is 0 Å². The zero-order valence-electron chi connectivity index (χ0n) is 9.90. The molecule has 14 heavy (non-hydrogen) atoms. The van der Waals surface area contributed by atoms with Crippen LogP contribution in [-0.4, -0.2) is 23.8 Å². The summed E-state index contributed by atoms with van der Waals surface area (Å²) in [5.41, 5.74) is 0. The van der Waals surface area contributed by atoms with Crippen molar-refractivity contribution in [3.05, 3.63) is 0 Å². The van der Waals surface area contributed by atoms with E-state index >= 15 is 0 Å². The van der Waals surface area contributed by atoms with Crippen molar-refractivity contribution >= 4 is 0 Å². The van der Waals surface area contributed by atoms with E-state index < -0.39 is 18.3 Å². The monoisotopic (exact) mass is 246 g/mol. The maximum Gasteiger partial charge on any atom is 0 e. The van der Waals surface area contributed by atoms with Crippen molar-refractivity contribution in [2.24, 2.45) is 0 Å². The van der Waals surface area contributed by atoms with Gasteiger partial charge < -0.3 is 20.8 Å². The largest absolute Gasteiger partial charge is 0.852 e. The van der Waals surface area contributed by atoms with Gasteiger partial charge in [0.2, 0.25) is 0 Å². The van der Waals surface area contributed by atoms with Crippen LogP contribution in [0.3, 0.4) is 0 Å². The summed E-state index contributed by atoms with van der Waals surface area (Å²) in [6, 6.07) is 0. The fourth-order valence-electron chi connectivity index (χ4n) is 0. The van der Waals surface area contributed by atoms with Crippen molar-refractivity contribution < 1.29 is 39.4 Å². The number of rotatable bonds is 0. The Kier molecular flexibility index (Phi) is 48.8. The minimum atomic E-state index is -0.417. The maximum absolute atomic E-state index is 9.53. The second kappa shape index (κ2) is 23.3. The summed E-state index contributed by atoms with van der Waals surface area (Å²) in [5.74, 6) is 0. The first kappa shape index (κ1) is 29.3. The summed E-state index contributed by atoms with van der Waals surface area (Å²) in [7, 11) is 0. The molecule has 0 unspecified atom stereocenters. The Morgan fingerprint density at radius 3 is 0.571 bits per heavy atom. The van der Waals surface area contributed by atoms with Crippen molar-refractivity contribution in [1.29, 1.82) is 0 Å². The second-order valence-corrected chi connectivity index (χ2v) is 3.15. The molecule has 0 fully saturated rings. The van der Waals surface area contributed by atoms with Gasteiger partial charge in [0, 0.05) is 18.6 Å². The fraction of sp³-hybridized carbons (Fsp3) is 1.00. The molecule has 0 aromatic heterocycles. The molecule has 0 aromatic rings. The molecule has 0 aromatic carbocycles. The maximum atomic E-state index is 9.53. The standard InChI is InChI=1S/3C3H7O.H2O.V/c3*1-3(2)4;;/h3*3H,1-2H3;1H2;/q3*-1;;. The first-order valence-corrected chi connectivity index (χ1v) is 4.17. The quantitative estimate of drug-likeness (QED) is 0.516. The average Bonchev–Trinajstić information content (AvgIpc) is 1.54. The topological polar surface area (TPSA) is 101 Å². The third kappa shape index (κ3) is 9000. The van der Waals surface area contributed by atoms with Gasteiger partial charge >= 0.3 is 0 Å². The molecular weight excluding hydrogens is 223 g/mol. The van der Waals surface area contributed by atoms with E-state index in [-0.39, 0.29) is 24.0 Å². The van der Waals surface area contributed by atoms with Gasteiger partial charge in [-0.25, -0.2) is 0 Å². The van der Waals surface area contributed by atoms with Crippen LogP contribution >= 0.6 is 0 Å². The van der Waals surface area contributed by atoms with Gasteiger partial charge in [0.1, 0.15) is 0 Å². The second-order valence-electron chi connectivity index (χ2n) is 3.15. The summed E-state index contributed by atoms with van der Waals surface area (Å²) >= 11 is 0.